The number of carbonyl (C=O) groups excluding carboxylic acids is 1. The maximum absolute atomic E-state index is 12.5. The van der Waals surface area contributed by atoms with Crippen molar-refractivity contribution in [3.8, 4) is 45.4 Å². The minimum absolute atomic E-state index is 0.000106. The van der Waals surface area contributed by atoms with Crippen LogP contribution in [-0.2, 0) is 9.59 Å². The van der Waals surface area contributed by atoms with Crippen molar-refractivity contribution < 1.29 is 38.2 Å². The molecule has 0 saturated carbocycles. The Morgan fingerprint density at radius 1 is 1.00 bits per heavy atom. The van der Waals surface area contributed by atoms with Crippen molar-refractivity contribution in [3.63, 3.8) is 0 Å². The smallest absolute Gasteiger partial charge is 0.303 e. The van der Waals surface area contributed by atoms with Crippen molar-refractivity contribution in [1.29, 1.82) is 0 Å². The average Bonchev–Trinajstić information content (AvgIpc) is 3.36. The zero-order chi connectivity index (χ0) is 25.5. The molecule has 1 amide bonds. The lowest BCUT2D eigenvalue weighted by molar-refractivity contribution is -0.137. The predicted molar refractivity (Wildman–Crippen MR) is 127 cm³/mol. The van der Waals surface area contributed by atoms with Gasteiger partial charge in [0.05, 0.1) is 40.2 Å². The largest absolute Gasteiger partial charge is 0.495 e. The number of nitrogens with one attached hydrogen (secondary N) is 1. The lowest BCUT2D eigenvalue weighted by Crippen LogP contribution is -2.36. The molecule has 0 fully saturated rings. The van der Waals surface area contributed by atoms with Gasteiger partial charge in [-0.2, -0.15) is 0 Å². The van der Waals surface area contributed by atoms with Crippen molar-refractivity contribution in [1.82, 2.24) is 5.16 Å². The van der Waals surface area contributed by atoms with Gasteiger partial charge < -0.3 is 39.6 Å². The number of rotatable bonds is 11. The molecule has 2 aromatic carbocycles. The highest BCUT2D eigenvalue weighted by Gasteiger charge is 2.21. The standard InChI is InChI=1S/C24H27N3O8/c1-31-18-7-5-13(9-17(18)26-24(30)16(25)6-8-21(28)29)15-12-35-27-22(15)14-10-19(32-2)23(34-4)20(11-14)33-3/h5,7,9-12,16H,6,8,25H2,1-4H3,(H,26,30)(H,28,29). The molecule has 1 heterocycles. The van der Waals surface area contributed by atoms with E-state index in [1.165, 1.54) is 34.7 Å². The van der Waals surface area contributed by atoms with Crippen LogP contribution in [0, 0.1) is 0 Å². The van der Waals surface area contributed by atoms with E-state index in [1.807, 2.05) is 0 Å². The Hall–Kier alpha value is -4.25. The molecule has 0 radical (unpaired) electrons. The van der Waals surface area contributed by atoms with Gasteiger partial charge in [-0.25, -0.2) is 0 Å². The fraction of sp³-hybridized carbons (Fsp3) is 0.292. The number of nitrogens with two attached hydrogens (primary N) is 1. The summed E-state index contributed by atoms with van der Waals surface area (Å²) in [5, 5.41) is 15.7. The zero-order valence-corrected chi connectivity index (χ0v) is 19.8. The van der Waals surface area contributed by atoms with Crippen LogP contribution in [0.25, 0.3) is 22.4 Å². The summed E-state index contributed by atoms with van der Waals surface area (Å²) in [5.41, 5.74) is 8.66. The molecule has 11 nitrogen and oxygen atoms in total. The Morgan fingerprint density at radius 3 is 2.23 bits per heavy atom. The molecule has 186 valence electrons. The predicted octanol–water partition coefficient (Wildman–Crippen LogP) is 3.17. The molecule has 0 aliphatic rings. The molecule has 3 rings (SSSR count). The zero-order valence-electron chi connectivity index (χ0n) is 19.8. The van der Waals surface area contributed by atoms with Gasteiger partial charge in [0, 0.05) is 17.5 Å². The minimum atomic E-state index is -1.03. The summed E-state index contributed by atoms with van der Waals surface area (Å²) in [6, 6.07) is 7.65. The van der Waals surface area contributed by atoms with Gasteiger partial charge in [-0.05, 0) is 36.2 Å². The van der Waals surface area contributed by atoms with Gasteiger partial charge in [0.2, 0.25) is 11.7 Å². The molecule has 0 saturated heterocycles. The topological polar surface area (TPSA) is 155 Å². The molecule has 0 spiro atoms. The van der Waals surface area contributed by atoms with Crippen molar-refractivity contribution in [2.24, 2.45) is 5.73 Å². The van der Waals surface area contributed by atoms with Crippen LogP contribution in [0.5, 0.6) is 23.0 Å². The molecule has 1 unspecified atom stereocenters. The summed E-state index contributed by atoms with van der Waals surface area (Å²) >= 11 is 0. The first kappa shape index (κ1) is 25.4. The van der Waals surface area contributed by atoms with Crippen LogP contribution < -0.4 is 30.0 Å². The molecule has 4 N–H and O–H groups in total. The van der Waals surface area contributed by atoms with E-state index in [0.29, 0.717) is 51.1 Å². The van der Waals surface area contributed by atoms with Crippen molar-refractivity contribution in [2.75, 3.05) is 33.8 Å². The number of anilines is 1. The summed E-state index contributed by atoms with van der Waals surface area (Å²) in [6.45, 7) is 0. The number of carboxylic acids is 1. The SMILES string of the molecule is COc1ccc(-c2conc2-c2cc(OC)c(OC)c(OC)c2)cc1NC(=O)C(N)CCC(=O)O. The number of aliphatic carboxylic acids is 1. The lowest BCUT2D eigenvalue weighted by Gasteiger charge is -2.15. The first-order valence-corrected chi connectivity index (χ1v) is 10.5. The Bertz CT molecular complexity index is 1180. The molecule has 0 aliphatic carbocycles. The lowest BCUT2D eigenvalue weighted by atomic mass is 10.00. The Balaban J connectivity index is 1.98. The number of hydrogen-bond donors (Lipinski definition) is 3. The Labute approximate surface area is 201 Å². The minimum Gasteiger partial charge on any atom is -0.495 e. The van der Waals surface area contributed by atoms with Crippen LogP contribution >= 0.6 is 0 Å². The molecule has 0 bridgehead atoms. The first-order valence-electron chi connectivity index (χ1n) is 10.5. The molecular weight excluding hydrogens is 458 g/mol. The van der Waals surface area contributed by atoms with Gasteiger partial charge in [-0.3, -0.25) is 9.59 Å². The van der Waals surface area contributed by atoms with Crippen LogP contribution in [-0.4, -0.2) is 56.6 Å². The third-order valence-corrected chi connectivity index (χ3v) is 5.28. The summed E-state index contributed by atoms with van der Waals surface area (Å²) in [5.74, 6) is 0.190. The molecule has 0 aliphatic heterocycles. The van der Waals surface area contributed by atoms with Gasteiger partial charge in [-0.15, -0.1) is 0 Å². The number of amides is 1. The number of carboxylic acid groups (broad SMARTS) is 1. The highest BCUT2D eigenvalue weighted by atomic mass is 16.5. The van der Waals surface area contributed by atoms with Crippen LogP contribution in [0.1, 0.15) is 12.8 Å². The molecule has 11 heteroatoms. The molecule has 1 atom stereocenters. The van der Waals surface area contributed by atoms with E-state index < -0.39 is 17.9 Å². The molecule has 3 aromatic rings. The second-order valence-corrected chi connectivity index (χ2v) is 7.43. The third-order valence-electron chi connectivity index (χ3n) is 5.28. The summed E-state index contributed by atoms with van der Waals surface area (Å²) < 4.78 is 26.9. The maximum atomic E-state index is 12.5. The van der Waals surface area contributed by atoms with Gasteiger partial charge in [0.15, 0.2) is 11.5 Å². The van der Waals surface area contributed by atoms with Crippen LogP contribution in [0.3, 0.4) is 0 Å². The van der Waals surface area contributed by atoms with Crippen molar-refractivity contribution >= 4 is 17.6 Å². The van der Waals surface area contributed by atoms with E-state index >= 15 is 0 Å². The summed E-state index contributed by atoms with van der Waals surface area (Å²) in [6.07, 6.45) is 1.26. The number of hydrogen-bond acceptors (Lipinski definition) is 9. The number of benzene rings is 2. The quantitative estimate of drug-likeness (QED) is 0.369. The van der Waals surface area contributed by atoms with E-state index in [1.54, 1.807) is 30.3 Å². The van der Waals surface area contributed by atoms with Gasteiger partial charge >= 0.3 is 5.97 Å². The van der Waals surface area contributed by atoms with E-state index in [9.17, 15) is 9.59 Å². The second-order valence-electron chi connectivity index (χ2n) is 7.43. The fourth-order valence-corrected chi connectivity index (χ4v) is 3.48. The molecule has 1 aromatic heterocycles. The number of aromatic nitrogens is 1. The Morgan fingerprint density at radius 2 is 1.66 bits per heavy atom. The van der Waals surface area contributed by atoms with Gasteiger partial charge in [0.25, 0.3) is 0 Å². The molecule has 35 heavy (non-hydrogen) atoms. The number of nitrogens with zero attached hydrogens (tertiary/aromatic N) is 1. The summed E-state index contributed by atoms with van der Waals surface area (Å²) in [7, 11) is 6.02. The average molecular weight is 485 g/mol. The normalized spacial score (nSPS) is 11.5. The monoisotopic (exact) mass is 485 g/mol. The number of methoxy groups -OCH3 is 4. The van der Waals surface area contributed by atoms with Crippen LogP contribution in [0.15, 0.2) is 41.1 Å². The van der Waals surface area contributed by atoms with Crippen LogP contribution in [0.4, 0.5) is 5.69 Å². The third kappa shape index (κ3) is 5.64. The van der Waals surface area contributed by atoms with E-state index in [2.05, 4.69) is 10.5 Å². The number of carbonyl (C=O) groups is 2. The second kappa shape index (κ2) is 11.3. The first-order chi connectivity index (χ1) is 16.8. The maximum Gasteiger partial charge on any atom is 0.303 e. The highest BCUT2D eigenvalue weighted by molar-refractivity contribution is 5.97. The molecular formula is C24H27N3O8. The summed E-state index contributed by atoms with van der Waals surface area (Å²) in [4.78, 5) is 23.3. The van der Waals surface area contributed by atoms with E-state index in [-0.39, 0.29) is 12.8 Å². The van der Waals surface area contributed by atoms with Gasteiger partial charge in [0.1, 0.15) is 17.7 Å². The highest BCUT2D eigenvalue weighted by Crippen LogP contribution is 2.43. The fourth-order valence-electron chi connectivity index (χ4n) is 3.48. The number of ether oxygens (including phenoxy) is 4. The van der Waals surface area contributed by atoms with Gasteiger partial charge in [-0.1, -0.05) is 11.2 Å². The Kier molecular flexibility index (Phi) is 8.16. The van der Waals surface area contributed by atoms with E-state index in [0.717, 1.165) is 0 Å². The van der Waals surface area contributed by atoms with Crippen LogP contribution in [0.2, 0.25) is 0 Å². The van der Waals surface area contributed by atoms with Crippen molar-refractivity contribution in [2.45, 2.75) is 18.9 Å². The van der Waals surface area contributed by atoms with Crippen molar-refractivity contribution in [3.05, 3.63) is 36.6 Å². The van der Waals surface area contributed by atoms with E-state index in [4.69, 9.17) is 34.3 Å².